The fourth-order valence-corrected chi connectivity index (χ4v) is 3.09. The van der Waals surface area contributed by atoms with Gasteiger partial charge in [-0.25, -0.2) is 0 Å². The molecule has 148 valence electrons. The summed E-state index contributed by atoms with van der Waals surface area (Å²) in [7, 11) is 0. The maximum absolute atomic E-state index is 12.4. The first-order valence-electron chi connectivity index (χ1n) is 9.77. The SMILES string of the molecule is O=C(CN[C@@H](CCNC(=O)c1ccccn1)Cc1ccccc1)c1ccccc1. The number of hydrogen-bond acceptors (Lipinski definition) is 4. The van der Waals surface area contributed by atoms with E-state index in [0.29, 0.717) is 24.2 Å². The molecule has 0 fully saturated rings. The molecule has 0 spiro atoms. The van der Waals surface area contributed by atoms with Gasteiger partial charge in [0.2, 0.25) is 0 Å². The van der Waals surface area contributed by atoms with Gasteiger partial charge in [-0.15, -0.1) is 0 Å². The van der Waals surface area contributed by atoms with E-state index < -0.39 is 0 Å². The average Bonchev–Trinajstić information content (AvgIpc) is 2.79. The van der Waals surface area contributed by atoms with E-state index >= 15 is 0 Å². The fraction of sp³-hybridized carbons (Fsp3) is 0.208. The van der Waals surface area contributed by atoms with Crippen molar-refractivity contribution in [1.82, 2.24) is 15.6 Å². The maximum Gasteiger partial charge on any atom is 0.269 e. The first-order valence-corrected chi connectivity index (χ1v) is 9.77. The molecular weight excluding hydrogens is 362 g/mol. The fourth-order valence-electron chi connectivity index (χ4n) is 3.09. The van der Waals surface area contributed by atoms with Gasteiger partial charge >= 0.3 is 0 Å². The van der Waals surface area contributed by atoms with Crippen molar-refractivity contribution in [2.45, 2.75) is 18.9 Å². The van der Waals surface area contributed by atoms with E-state index in [1.165, 1.54) is 5.56 Å². The number of amides is 1. The molecule has 1 heterocycles. The third kappa shape index (κ3) is 6.66. The number of ketones is 1. The lowest BCUT2D eigenvalue weighted by Crippen LogP contribution is -2.38. The van der Waals surface area contributed by atoms with Gasteiger partial charge in [0.05, 0.1) is 6.54 Å². The number of nitrogens with zero attached hydrogens (tertiary/aromatic N) is 1. The number of pyridine rings is 1. The van der Waals surface area contributed by atoms with Crippen LogP contribution in [0.5, 0.6) is 0 Å². The van der Waals surface area contributed by atoms with Crippen LogP contribution in [-0.2, 0) is 6.42 Å². The van der Waals surface area contributed by atoms with Crippen LogP contribution in [0.4, 0.5) is 0 Å². The van der Waals surface area contributed by atoms with E-state index in [2.05, 4.69) is 27.8 Å². The Morgan fingerprint density at radius 1 is 0.862 bits per heavy atom. The van der Waals surface area contributed by atoms with Crippen LogP contribution in [0, 0.1) is 0 Å². The van der Waals surface area contributed by atoms with E-state index in [1.54, 1.807) is 24.4 Å². The summed E-state index contributed by atoms with van der Waals surface area (Å²) in [4.78, 5) is 28.7. The van der Waals surface area contributed by atoms with Crippen LogP contribution >= 0.6 is 0 Å². The van der Waals surface area contributed by atoms with Crippen molar-refractivity contribution in [1.29, 1.82) is 0 Å². The lowest BCUT2D eigenvalue weighted by Gasteiger charge is -2.19. The van der Waals surface area contributed by atoms with Gasteiger partial charge in [0.15, 0.2) is 5.78 Å². The molecule has 0 saturated carbocycles. The zero-order chi connectivity index (χ0) is 20.3. The van der Waals surface area contributed by atoms with Crippen molar-refractivity contribution in [3.8, 4) is 0 Å². The van der Waals surface area contributed by atoms with Crippen molar-refractivity contribution < 1.29 is 9.59 Å². The van der Waals surface area contributed by atoms with Gasteiger partial charge in [0.25, 0.3) is 5.91 Å². The molecule has 0 radical (unpaired) electrons. The molecule has 0 aliphatic rings. The van der Waals surface area contributed by atoms with Gasteiger partial charge in [-0.3, -0.25) is 14.6 Å². The monoisotopic (exact) mass is 387 g/mol. The van der Waals surface area contributed by atoms with Crippen LogP contribution in [0.25, 0.3) is 0 Å². The Hall–Kier alpha value is -3.31. The Morgan fingerprint density at radius 2 is 1.55 bits per heavy atom. The van der Waals surface area contributed by atoms with Crippen LogP contribution in [0.1, 0.15) is 32.8 Å². The quantitative estimate of drug-likeness (QED) is 0.524. The molecule has 3 aromatic rings. The average molecular weight is 387 g/mol. The lowest BCUT2D eigenvalue weighted by atomic mass is 10.0. The Labute approximate surface area is 171 Å². The van der Waals surface area contributed by atoms with Crippen LogP contribution in [-0.4, -0.2) is 35.8 Å². The molecule has 0 saturated heterocycles. The first-order chi connectivity index (χ1) is 14.2. The number of benzene rings is 2. The predicted molar refractivity (Wildman–Crippen MR) is 114 cm³/mol. The van der Waals surface area contributed by atoms with Crippen molar-refractivity contribution in [3.05, 3.63) is 102 Å². The van der Waals surface area contributed by atoms with E-state index in [-0.39, 0.29) is 24.3 Å². The lowest BCUT2D eigenvalue weighted by molar-refractivity contribution is 0.0942. The van der Waals surface area contributed by atoms with Crippen LogP contribution in [0.3, 0.4) is 0 Å². The molecule has 5 nitrogen and oxygen atoms in total. The summed E-state index contributed by atoms with van der Waals surface area (Å²) < 4.78 is 0. The minimum Gasteiger partial charge on any atom is -0.351 e. The van der Waals surface area contributed by atoms with Gasteiger partial charge in [0.1, 0.15) is 5.69 Å². The molecule has 29 heavy (non-hydrogen) atoms. The van der Waals surface area contributed by atoms with E-state index in [1.807, 2.05) is 48.5 Å². The number of aromatic nitrogens is 1. The number of carbonyl (C=O) groups excluding carboxylic acids is 2. The van der Waals surface area contributed by atoms with Crippen molar-refractivity contribution in [2.75, 3.05) is 13.1 Å². The Kier molecular flexibility index (Phi) is 7.66. The number of Topliss-reactive ketones (excluding diaryl/α,β-unsaturated/α-hetero) is 1. The summed E-state index contributed by atoms with van der Waals surface area (Å²) in [5, 5.41) is 6.27. The maximum atomic E-state index is 12.4. The minimum absolute atomic E-state index is 0.0567. The Morgan fingerprint density at radius 3 is 2.24 bits per heavy atom. The molecule has 0 aliphatic carbocycles. The van der Waals surface area contributed by atoms with Crippen molar-refractivity contribution >= 4 is 11.7 Å². The molecule has 1 atom stereocenters. The van der Waals surface area contributed by atoms with Gasteiger partial charge in [-0.2, -0.15) is 0 Å². The second-order valence-corrected chi connectivity index (χ2v) is 6.82. The van der Waals surface area contributed by atoms with Gasteiger partial charge in [-0.1, -0.05) is 66.7 Å². The molecule has 2 N–H and O–H groups in total. The molecular formula is C24H25N3O2. The number of nitrogens with one attached hydrogen (secondary N) is 2. The summed E-state index contributed by atoms with van der Waals surface area (Å²) in [6.45, 7) is 0.759. The minimum atomic E-state index is -0.190. The first kappa shape index (κ1) is 20.4. The van der Waals surface area contributed by atoms with Crippen LogP contribution in [0.15, 0.2) is 85.1 Å². The zero-order valence-corrected chi connectivity index (χ0v) is 16.3. The van der Waals surface area contributed by atoms with E-state index in [4.69, 9.17) is 0 Å². The second kappa shape index (κ2) is 10.9. The molecule has 2 aromatic carbocycles. The van der Waals surface area contributed by atoms with Crippen molar-refractivity contribution in [2.24, 2.45) is 0 Å². The molecule has 1 aromatic heterocycles. The highest BCUT2D eigenvalue weighted by molar-refractivity contribution is 5.97. The Bertz CT molecular complexity index is 899. The summed E-state index contributed by atoms with van der Waals surface area (Å²) in [5.41, 5.74) is 2.29. The Balaban J connectivity index is 1.55. The molecule has 0 aliphatic heterocycles. The highest BCUT2D eigenvalue weighted by Gasteiger charge is 2.14. The second-order valence-electron chi connectivity index (χ2n) is 6.82. The third-order valence-corrected chi connectivity index (χ3v) is 4.65. The van der Waals surface area contributed by atoms with Crippen LogP contribution < -0.4 is 10.6 Å². The normalized spacial score (nSPS) is 11.6. The zero-order valence-electron chi connectivity index (χ0n) is 16.3. The molecule has 1 amide bonds. The summed E-state index contributed by atoms with van der Waals surface area (Å²) in [5.74, 6) is -0.134. The highest BCUT2D eigenvalue weighted by atomic mass is 16.2. The summed E-state index contributed by atoms with van der Waals surface area (Å²) in [6.07, 6.45) is 3.09. The molecule has 5 heteroatoms. The van der Waals surface area contributed by atoms with Crippen molar-refractivity contribution in [3.63, 3.8) is 0 Å². The third-order valence-electron chi connectivity index (χ3n) is 4.65. The smallest absolute Gasteiger partial charge is 0.269 e. The molecule has 3 rings (SSSR count). The van der Waals surface area contributed by atoms with Crippen LogP contribution in [0.2, 0.25) is 0 Å². The molecule has 0 unspecified atom stereocenters. The topological polar surface area (TPSA) is 71.1 Å². The van der Waals surface area contributed by atoms with E-state index in [0.717, 1.165) is 6.42 Å². The highest BCUT2D eigenvalue weighted by Crippen LogP contribution is 2.07. The van der Waals surface area contributed by atoms with Gasteiger partial charge < -0.3 is 10.6 Å². The standard InChI is InChI=1S/C24H25N3O2/c28-23(20-11-5-2-6-12-20)18-27-21(17-19-9-3-1-4-10-19)14-16-26-24(29)22-13-7-8-15-25-22/h1-13,15,21,27H,14,16-18H2,(H,26,29)/t21-/m0/s1. The number of carbonyl (C=O) groups is 2. The van der Waals surface area contributed by atoms with Gasteiger partial charge in [0, 0.05) is 24.3 Å². The largest absolute Gasteiger partial charge is 0.351 e. The summed E-state index contributed by atoms with van der Waals surface area (Å²) >= 11 is 0. The van der Waals surface area contributed by atoms with E-state index in [9.17, 15) is 9.59 Å². The molecule has 0 bridgehead atoms. The predicted octanol–water partition coefficient (Wildman–Crippen LogP) is 3.29. The van der Waals surface area contributed by atoms with Gasteiger partial charge in [-0.05, 0) is 30.5 Å². The number of rotatable bonds is 10. The summed E-state index contributed by atoms with van der Waals surface area (Å²) in [6, 6.07) is 24.7. The number of hydrogen-bond donors (Lipinski definition) is 2.